The summed E-state index contributed by atoms with van der Waals surface area (Å²) in [5.41, 5.74) is 3.07. The summed E-state index contributed by atoms with van der Waals surface area (Å²) in [6, 6.07) is 12.5. The summed E-state index contributed by atoms with van der Waals surface area (Å²) in [5.74, 6) is 1.02. The highest BCUT2D eigenvalue weighted by Gasteiger charge is 2.22. The van der Waals surface area contributed by atoms with E-state index >= 15 is 0 Å². The number of hydrogen-bond donors (Lipinski definition) is 5. The summed E-state index contributed by atoms with van der Waals surface area (Å²) < 4.78 is 0. The van der Waals surface area contributed by atoms with Gasteiger partial charge in [-0.25, -0.2) is 4.98 Å². The van der Waals surface area contributed by atoms with E-state index in [4.69, 9.17) is 5.41 Å². The SMILES string of the molecule is CC.CNC(C)c1ccccc1.N=Cc1cc(NC=O)nc(CO)c1NCC1CC1. The van der Waals surface area contributed by atoms with E-state index in [1.54, 1.807) is 6.07 Å². The molecule has 1 saturated carbocycles. The van der Waals surface area contributed by atoms with E-state index in [-0.39, 0.29) is 6.61 Å². The molecule has 30 heavy (non-hydrogen) atoms. The Morgan fingerprint density at radius 2 is 1.93 bits per heavy atom. The molecule has 0 aliphatic heterocycles. The Morgan fingerprint density at radius 3 is 2.43 bits per heavy atom. The fourth-order valence-corrected chi connectivity index (χ4v) is 2.66. The van der Waals surface area contributed by atoms with Crippen molar-refractivity contribution in [2.75, 3.05) is 24.2 Å². The number of aliphatic hydroxyl groups excluding tert-OH is 1. The number of aromatic nitrogens is 1. The molecule has 164 valence electrons. The highest BCUT2D eigenvalue weighted by Crippen LogP contribution is 2.30. The lowest BCUT2D eigenvalue weighted by Gasteiger charge is -2.14. The Bertz CT molecular complexity index is 764. The Labute approximate surface area is 179 Å². The van der Waals surface area contributed by atoms with E-state index in [1.165, 1.54) is 24.6 Å². The summed E-state index contributed by atoms with van der Waals surface area (Å²) in [4.78, 5) is 14.5. The van der Waals surface area contributed by atoms with Crippen LogP contribution in [-0.4, -0.2) is 36.3 Å². The van der Waals surface area contributed by atoms with Gasteiger partial charge in [0.05, 0.1) is 18.0 Å². The molecule has 7 nitrogen and oxygen atoms in total. The van der Waals surface area contributed by atoms with Gasteiger partial charge in [0.2, 0.25) is 6.41 Å². The molecule has 3 rings (SSSR count). The molecular formula is C23H35N5O2. The molecule has 0 spiro atoms. The van der Waals surface area contributed by atoms with Crippen molar-refractivity contribution >= 4 is 24.1 Å². The summed E-state index contributed by atoms with van der Waals surface area (Å²) in [6.45, 7) is 6.74. The fraction of sp³-hybridized carbons (Fsp3) is 0.435. The number of aliphatic hydroxyl groups is 1. The number of carbonyl (C=O) groups is 1. The van der Waals surface area contributed by atoms with Crippen molar-refractivity contribution in [3.05, 3.63) is 53.2 Å². The van der Waals surface area contributed by atoms with Gasteiger partial charge in [0, 0.05) is 24.4 Å². The van der Waals surface area contributed by atoms with Crippen LogP contribution in [0.3, 0.4) is 0 Å². The first-order valence-corrected chi connectivity index (χ1v) is 10.4. The molecule has 1 aliphatic carbocycles. The fourth-order valence-electron chi connectivity index (χ4n) is 2.66. The van der Waals surface area contributed by atoms with Crippen molar-refractivity contribution < 1.29 is 9.90 Å². The van der Waals surface area contributed by atoms with Crippen molar-refractivity contribution in [3.8, 4) is 0 Å². The normalized spacial score (nSPS) is 13.0. The highest BCUT2D eigenvalue weighted by atomic mass is 16.3. The largest absolute Gasteiger partial charge is 0.390 e. The van der Waals surface area contributed by atoms with Gasteiger partial charge >= 0.3 is 0 Å². The monoisotopic (exact) mass is 413 g/mol. The maximum Gasteiger partial charge on any atom is 0.212 e. The maximum atomic E-state index is 10.4. The van der Waals surface area contributed by atoms with Crippen LogP contribution < -0.4 is 16.0 Å². The van der Waals surface area contributed by atoms with Gasteiger partial charge in [0.15, 0.2) is 0 Å². The maximum absolute atomic E-state index is 10.4. The lowest BCUT2D eigenvalue weighted by atomic mass is 10.1. The molecule has 1 aromatic heterocycles. The molecule has 1 aromatic carbocycles. The topological polar surface area (TPSA) is 110 Å². The molecule has 1 atom stereocenters. The summed E-state index contributed by atoms with van der Waals surface area (Å²) in [6.07, 6.45) is 4.15. The summed E-state index contributed by atoms with van der Waals surface area (Å²) >= 11 is 0. The second-order valence-electron chi connectivity index (χ2n) is 6.73. The molecule has 7 heteroatoms. The van der Waals surface area contributed by atoms with Crippen LogP contribution >= 0.6 is 0 Å². The minimum absolute atomic E-state index is 0.234. The number of hydrogen-bond acceptors (Lipinski definition) is 6. The van der Waals surface area contributed by atoms with Crippen LogP contribution in [0.1, 0.15) is 56.5 Å². The molecular weight excluding hydrogens is 378 g/mol. The molecule has 1 heterocycles. The summed E-state index contributed by atoms with van der Waals surface area (Å²) in [7, 11) is 1.97. The third kappa shape index (κ3) is 8.31. The van der Waals surface area contributed by atoms with Crippen LogP contribution in [0.5, 0.6) is 0 Å². The third-order valence-electron chi connectivity index (χ3n) is 4.63. The quantitative estimate of drug-likeness (QED) is 0.316. The first-order valence-electron chi connectivity index (χ1n) is 10.4. The zero-order valence-electron chi connectivity index (χ0n) is 18.4. The Morgan fingerprint density at radius 1 is 1.27 bits per heavy atom. The first-order chi connectivity index (χ1) is 14.6. The molecule has 5 N–H and O–H groups in total. The molecule has 0 bridgehead atoms. The highest BCUT2D eigenvalue weighted by molar-refractivity contribution is 5.89. The Hall–Kier alpha value is -2.77. The smallest absolute Gasteiger partial charge is 0.212 e. The van der Waals surface area contributed by atoms with Gasteiger partial charge in [-0.15, -0.1) is 0 Å². The number of carbonyl (C=O) groups excluding carboxylic acids is 1. The van der Waals surface area contributed by atoms with Gasteiger partial charge in [0.25, 0.3) is 0 Å². The summed E-state index contributed by atoms with van der Waals surface area (Å²) in [5, 5.41) is 25.5. The van der Waals surface area contributed by atoms with Crippen LogP contribution in [0.25, 0.3) is 0 Å². The molecule has 0 radical (unpaired) electrons. The standard InChI is InChI=1S/C12H16N4O2.C9H13N.C2H6/c13-4-9-3-11(15-7-18)16-10(6-17)12(9)14-5-8-1-2-8;1-8(10-2)9-6-4-3-5-7-9;1-2/h3-4,7-8,13-14,17H,1-2,5-6H2,(H,15,16,18);3-8,10H,1-2H3;1-2H3. The molecule has 2 aromatic rings. The van der Waals surface area contributed by atoms with Crippen LogP contribution in [-0.2, 0) is 11.4 Å². The minimum Gasteiger partial charge on any atom is -0.390 e. The van der Waals surface area contributed by atoms with Gasteiger partial charge < -0.3 is 26.5 Å². The van der Waals surface area contributed by atoms with Crippen molar-refractivity contribution in [3.63, 3.8) is 0 Å². The second kappa shape index (κ2) is 14.3. The molecule has 1 amide bonds. The second-order valence-corrected chi connectivity index (χ2v) is 6.73. The zero-order valence-corrected chi connectivity index (χ0v) is 18.4. The predicted octanol–water partition coefficient (Wildman–Crippen LogP) is 3.95. The molecule has 1 aliphatic rings. The number of amides is 1. The number of pyridine rings is 1. The number of nitrogens with one attached hydrogen (secondary N) is 4. The van der Waals surface area contributed by atoms with E-state index in [9.17, 15) is 9.90 Å². The van der Waals surface area contributed by atoms with Crippen molar-refractivity contribution in [1.29, 1.82) is 5.41 Å². The van der Waals surface area contributed by atoms with Gasteiger partial charge in [-0.05, 0) is 44.4 Å². The van der Waals surface area contributed by atoms with Gasteiger partial charge in [-0.1, -0.05) is 44.2 Å². The number of anilines is 2. The Balaban J connectivity index is 0.000000318. The van der Waals surface area contributed by atoms with Crippen LogP contribution in [0.4, 0.5) is 11.5 Å². The van der Waals surface area contributed by atoms with E-state index in [1.807, 2.05) is 27.0 Å². The zero-order chi connectivity index (χ0) is 22.4. The number of nitrogens with zero attached hydrogens (tertiary/aromatic N) is 1. The lowest BCUT2D eigenvalue weighted by molar-refractivity contribution is -0.105. The van der Waals surface area contributed by atoms with Gasteiger partial charge in [0.1, 0.15) is 5.82 Å². The van der Waals surface area contributed by atoms with Crippen LogP contribution in [0, 0.1) is 11.3 Å². The van der Waals surface area contributed by atoms with E-state index in [0.717, 1.165) is 6.54 Å². The average Bonchev–Trinajstić information content (AvgIpc) is 3.64. The molecule has 1 fully saturated rings. The minimum atomic E-state index is -0.234. The molecule has 1 unspecified atom stereocenters. The lowest BCUT2D eigenvalue weighted by Crippen LogP contribution is -2.11. The number of benzene rings is 1. The molecule has 0 saturated heterocycles. The van der Waals surface area contributed by atoms with Crippen LogP contribution in [0.2, 0.25) is 0 Å². The van der Waals surface area contributed by atoms with Crippen molar-refractivity contribution in [1.82, 2.24) is 10.3 Å². The first kappa shape index (κ1) is 25.3. The van der Waals surface area contributed by atoms with Crippen LogP contribution in [0.15, 0.2) is 36.4 Å². The van der Waals surface area contributed by atoms with E-state index < -0.39 is 0 Å². The average molecular weight is 414 g/mol. The number of rotatable bonds is 9. The van der Waals surface area contributed by atoms with Gasteiger partial charge in [-0.2, -0.15) is 0 Å². The van der Waals surface area contributed by atoms with E-state index in [2.05, 4.69) is 52.1 Å². The third-order valence-corrected chi connectivity index (χ3v) is 4.63. The van der Waals surface area contributed by atoms with Gasteiger partial charge in [-0.3, -0.25) is 4.79 Å². The predicted molar refractivity (Wildman–Crippen MR) is 124 cm³/mol. The van der Waals surface area contributed by atoms with Crippen molar-refractivity contribution in [2.45, 2.75) is 46.3 Å². The Kier molecular flexibility index (Phi) is 12.0. The van der Waals surface area contributed by atoms with E-state index in [0.29, 0.717) is 41.1 Å². The van der Waals surface area contributed by atoms with Crippen molar-refractivity contribution in [2.24, 2.45) is 5.92 Å².